The Hall–Kier alpha value is -0.910. The quantitative estimate of drug-likeness (QED) is 0.211. The van der Waals surface area contributed by atoms with Crippen LogP contribution in [0, 0.1) is 0 Å². The molecule has 2 aliphatic heterocycles. The number of likely N-dealkylation sites (tertiary alicyclic amines) is 1. The third-order valence-corrected chi connectivity index (χ3v) is 5.12. The van der Waals surface area contributed by atoms with Crippen molar-refractivity contribution in [2.24, 2.45) is 4.99 Å². The van der Waals surface area contributed by atoms with Gasteiger partial charge in [-0.1, -0.05) is 12.2 Å². The number of ether oxygens (including phenoxy) is 1. The number of guanidine groups is 1. The molecule has 2 fully saturated rings. The predicted molar refractivity (Wildman–Crippen MR) is 129 cm³/mol. The molecule has 2 aliphatic rings. The number of hydrogen-bond acceptors (Lipinski definition) is 5. The van der Waals surface area contributed by atoms with Crippen molar-refractivity contribution in [3.05, 3.63) is 12.2 Å². The van der Waals surface area contributed by atoms with Crippen molar-refractivity contribution in [3.8, 4) is 0 Å². The molecule has 0 radical (unpaired) electrons. The number of piperidine rings is 1. The minimum absolute atomic E-state index is 0. The number of nitrogens with one attached hydrogen (secondary N) is 2. The molecule has 0 unspecified atom stereocenters. The molecule has 29 heavy (non-hydrogen) atoms. The van der Waals surface area contributed by atoms with E-state index in [0.29, 0.717) is 6.04 Å². The van der Waals surface area contributed by atoms with E-state index < -0.39 is 0 Å². The van der Waals surface area contributed by atoms with Crippen LogP contribution < -0.4 is 10.6 Å². The van der Waals surface area contributed by atoms with Crippen LogP contribution in [0.1, 0.15) is 19.8 Å². The number of halogens is 1. The SMILES string of the molecule is C=C(C)CN1CCC(NC(=NCC(=O)N(C)C)NCCN2CCOCC2)CC1.I. The van der Waals surface area contributed by atoms with E-state index in [2.05, 4.69) is 38.9 Å². The predicted octanol–water partition coefficient (Wildman–Crippen LogP) is 0.601. The zero-order chi connectivity index (χ0) is 20.4. The Labute approximate surface area is 193 Å². The average molecular weight is 522 g/mol. The van der Waals surface area contributed by atoms with Crippen LogP contribution in [0.5, 0.6) is 0 Å². The van der Waals surface area contributed by atoms with Crippen LogP contribution in [0.3, 0.4) is 0 Å². The van der Waals surface area contributed by atoms with Crippen molar-refractivity contribution in [1.82, 2.24) is 25.3 Å². The molecule has 2 rings (SSSR count). The molecule has 8 nitrogen and oxygen atoms in total. The van der Waals surface area contributed by atoms with Crippen molar-refractivity contribution >= 4 is 35.8 Å². The Morgan fingerprint density at radius 3 is 2.41 bits per heavy atom. The van der Waals surface area contributed by atoms with E-state index in [-0.39, 0.29) is 36.4 Å². The molecular weight excluding hydrogens is 483 g/mol. The van der Waals surface area contributed by atoms with Crippen molar-refractivity contribution < 1.29 is 9.53 Å². The average Bonchev–Trinajstić information content (AvgIpc) is 2.67. The lowest BCUT2D eigenvalue weighted by atomic mass is 10.0. The zero-order valence-corrected chi connectivity index (χ0v) is 20.6. The van der Waals surface area contributed by atoms with Crippen molar-refractivity contribution in [2.45, 2.75) is 25.8 Å². The van der Waals surface area contributed by atoms with E-state index in [1.165, 1.54) is 5.57 Å². The van der Waals surface area contributed by atoms with Crippen LogP contribution in [-0.4, -0.2) is 112 Å². The molecule has 0 bridgehead atoms. The Bertz CT molecular complexity index is 529. The molecule has 0 atom stereocenters. The fourth-order valence-electron chi connectivity index (χ4n) is 3.41. The summed E-state index contributed by atoms with van der Waals surface area (Å²) in [6.45, 7) is 14.6. The number of nitrogens with zero attached hydrogens (tertiary/aromatic N) is 4. The lowest BCUT2D eigenvalue weighted by molar-refractivity contribution is -0.127. The highest BCUT2D eigenvalue weighted by Crippen LogP contribution is 2.11. The van der Waals surface area contributed by atoms with Gasteiger partial charge in [0, 0.05) is 66.0 Å². The summed E-state index contributed by atoms with van der Waals surface area (Å²) < 4.78 is 5.40. The van der Waals surface area contributed by atoms with Crippen LogP contribution in [0.25, 0.3) is 0 Å². The van der Waals surface area contributed by atoms with Gasteiger partial charge in [-0.25, -0.2) is 4.99 Å². The fraction of sp³-hybridized carbons (Fsp3) is 0.800. The summed E-state index contributed by atoms with van der Waals surface area (Å²) in [6.07, 6.45) is 2.14. The first-order valence-electron chi connectivity index (χ1n) is 10.4. The smallest absolute Gasteiger partial charge is 0.243 e. The Morgan fingerprint density at radius 2 is 1.83 bits per heavy atom. The number of aliphatic imine (C=N–C) groups is 1. The fourth-order valence-corrected chi connectivity index (χ4v) is 3.41. The van der Waals surface area contributed by atoms with E-state index >= 15 is 0 Å². The normalized spacial score (nSPS) is 19.3. The van der Waals surface area contributed by atoms with Gasteiger partial charge < -0.3 is 20.3 Å². The van der Waals surface area contributed by atoms with E-state index in [4.69, 9.17) is 4.74 Å². The summed E-state index contributed by atoms with van der Waals surface area (Å²) in [4.78, 5) is 22.9. The van der Waals surface area contributed by atoms with Crippen LogP contribution in [0.2, 0.25) is 0 Å². The highest BCUT2D eigenvalue weighted by atomic mass is 127. The van der Waals surface area contributed by atoms with Gasteiger partial charge in [-0.15, -0.1) is 24.0 Å². The molecule has 0 aliphatic carbocycles. The maximum absolute atomic E-state index is 11.9. The molecule has 1 amide bonds. The molecule has 2 N–H and O–H groups in total. The van der Waals surface area contributed by atoms with E-state index in [1.807, 2.05) is 0 Å². The summed E-state index contributed by atoms with van der Waals surface area (Å²) in [5.41, 5.74) is 1.21. The highest BCUT2D eigenvalue weighted by molar-refractivity contribution is 14.0. The molecule has 0 aromatic rings. The molecule has 9 heteroatoms. The summed E-state index contributed by atoms with van der Waals surface area (Å²) in [5.74, 6) is 0.743. The van der Waals surface area contributed by atoms with Gasteiger partial charge in [0.25, 0.3) is 0 Å². The third kappa shape index (κ3) is 10.6. The van der Waals surface area contributed by atoms with Crippen LogP contribution in [-0.2, 0) is 9.53 Å². The van der Waals surface area contributed by atoms with Crippen LogP contribution in [0.4, 0.5) is 0 Å². The minimum Gasteiger partial charge on any atom is -0.379 e. The summed E-state index contributed by atoms with van der Waals surface area (Å²) in [5, 5.41) is 6.95. The van der Waals surface area contributed by atoms with Gasteiger partial charge in [0.1, 0.15) is 6.54 Å². The van der Waals surface area contributed by atoms with Gasteiger partial charge in [-0.05, 0) is 19.8 Å². The Morgan fingerprint density at radius 1 is 1.17 bits per heavy atom. The largest absolute Gasteiger partial charge is 0.379 e. The minimum atomic E-state index is 0. The maximum Gasteiger partial charge on any atom is 0.243 e. The van der Waals surface area contributed by atoms with Gasteiger partial charge in [-0.3, -0.25) is 14.6 Å². The summed E-state index contributed by atoms with van der Waals surface area (Å²) >= 11 is 0. The number of rotatable bonds is 8. The van der Waals surface area contributed by atoms with Gasteiger partial charge in [-0.2, -0.15) is 0 Å². The van der Waals surface area contributed by atoms with Gasteiger partial charge in [0.15, 0.2) is 5.96 Å². The lowest BCUT2D eigenvalue weighted by Gasteiger charge is -2.33. The molecule has 168 valence electrons. The Balaban J connectivity index is 0.00000420. The zero-order valence-electron chi connectivity index (χ0n) is 18.3. The van der Waals surface area contributed by atoms with Crippen molar-refractivity contribution in [1.29, 1.82) is 0 Å². The second kappa shape index (κ2) is 14.2. The monoisotopic (exact) mass is 522 g/mol. The van der Waals surface area contributed by atoms with Crippen molar-refractivity contribution in [3.63, 3.8) is 0 Å². The summed E-state index contributed by atoms with van der Waals surface area (Å²) in [6, 6.07) is 0.380. The molecular formula is C20H39IN6O2. The first-order chi connectivity index (χ1) is 13.4. The number of carbonyl (C=O) groups is 1. The Kier molecular flexibility index (Phi) is 12.8. The summed E-state index contributed by atoms with van der Waals surface area (Å²) in [7, 11) is 3.52. The topological polar surface area (TPSA) is 72.4 Å². The maximum atomic E-state index is 11.9. The van der Waals surface area contributed by atoms with Crippen LogP contribution in [0.15, 0.2) is 17.1 Å². The standard InChI is InChI=1S/C20H38N6O2.HI/c1-17(2)16-26-8-5-18(6-9-26)23-20(22-15-19(27)24(3)4)21-7-10-25-11-13-28-14-12-25;/h18H,1,5-16H2,2-4H3,(H2,21,22,23);1H. The molecule has 2 heterocycles. The molecule has 0 aromatic heterocycles. The van der Waals surface area contributed by atoms with Gasteiger partial charge in [0.05, 0.1) is 13.2 Å². The molecule has 0 spiro atoms. The first kappa shape index (κ1) is 26.1. The van der Waals surface area contributed by atoms with Gasteiger partial charge >= 0.3 is 0 Å². The number of likely N-dealkylation sites (N-methyl/N-ethyl adjacent to an activating group) is 1. The van der Waals surface area contributed by atoms with Crippen molar-refractivity contribution in [2.75, 3.05) is 79.7 Å². The molecule has 0 aromatic carbocycles. The second-order valence-electron chi connectivity index (χ2n) is 7.99. The molecule has 0 saturated carbocycles. The van der Waals surface area contributed by atoms with Gasteiger partial charge in [0.2, 0.25) is 5.91 Å². The van der Waals surface area contributed by atoms with E-state index in [0.717, 1.165) is 77.8 Å². The highest BCUT2D eigenvalue weighted by Gasteiger charge is 2.20. The third-order valence-electron chi connectivity index (χ3n) is 5.12. The number of morpholine rings is 1. The van der Waals surface area contributed by atoms with E-state index in [1.54, 1.807) is 19.0 Å². The number of carbonyl (C=O) groups excluding carboxylic acids is 1. The van der Waals surface area contributed by atoms with Crippen LogP contribution >= 0.6 is 24.0 Å². The first-order valence-corrected chi connectivity index (χ1v) is 10.4. The van der Waals surface area contributed by atoms with E-state index in [9.17, 15) is 4.79 Å². The molecule has 2 saturated heterocycles. The number of hydrogen-bond donors (Lipinski definition) is 2. The second-order valence-corrected chi connectivity index (χ2v) is 7.99. The number of amides is 1. The lowest BCUT2D eigenvalue weighted by Crippen LogP contribution is -2.50.